The first-order chi connectivity index (χ1) is 19.7. The molecule has 1 saturated carbocycles. The number of aromatic nitrogens is 2. The van der Waals surface area contributed by atoms with Crippen LogP contribution in [0.5, 0.6) is 5.88 Å². The minimum atomic E-state index is -4.19. The Labute approximate surface area is 246 Å². The molecule has 0 saturated heterocycles. The zero-order valence-electron chi connectivity index (χ0n) is 24.5. The molecule has 2 heterocycles. The lowest BCUT2D eigenvalue weighted by Crippen LogP contribution is -2.49. The topological polar surface area (TPSA) is 139 Å². The van der Waals surface area contributed by atoms with Crippen LogP contribution in [0.4, 0.5) is 5.95 Å². The smallest absolute Gasteiger partial charge is 0.311 e. The predicted octanol–water partition coefficient (Wildman–Crippen LogP) is 5.07. The average molecular weight is 593 g/mol. The van der Waals surface area contributed by atoms with Crippen LogP contribution in [0.2, 0.25) is 0 Å². The summed E-state index contributed by atoms with van der Waals surface area (Å²) in [6.07, 6.45) is 1.43. The monoisotopic (exact) mass is 592 g/mol. The number of nitrogens with zero attached hydrogens (tertiary/aromatic N) is 3. The van der Waals surface area contributed by atoms with Gasteiger partial charge in [-0.2, -0.15) is 4.98 Å². The summed E-state index contributed by atoms with van der Waals surface area (Å²) in [5.41, 5.74) is 2.07. The summed E-state index contributed by atoms with van der Waals surface area (Å²) in [5.74, 6) is -1.43. The molecule has 2 aliphatic rings. The maximum absolute atomic E-state index is 14.1. The number of carboxylic acid groups (broad SMARTS) is 1. The van der Waals surface area contributed by atoms with Gasteiger partial charge in [0.25, 0.3) is 15.9 Å². The highest BCUT2D eigenvalue weighted by Crippen LogP contribution is 2.47. The fourth-order valence-electron chi connectivity index (χ4n) is 5.46. The van der Waals surface area contributed by atoms with E-state index in [4.69, 9.17) is 4.74 Å². The molecule has 1 aliphatic carbocycles. The molecule has 222 valence electrons. The van der Waals surface area contributed by atoms with E-state index in [9.17, 15) is 23.1 Å². The van der Waals surface area contributed by atoms with E-state index in [2.05, 4.69) is 14.7 Å². The van der Waals surface area contributed by atoms with Crippen molar-refractivity contribution in [2.45, 2.75) is 64.8 Å². The van der Waals surface area contributed by atoms with Gasteiger partial charge in [-0.1, -0.05) is 45.0 Å². The second kappa shape index (κ2) is 10.7. The van der Waals surface area contributed by atoms with Crippen molar-refractivity contribution in [3.05, 3.63) is 65.2 Å². The van der Waals surface area contributed by atoms with Crippen molar-refractivity contribution in [1.82, 2.24) is 14.9 Å². The molecule has 42 heavy (non-hydrogen) atoms. The SMILES string of the molecule is Cc1cccc(C)c1-c1cc2nc(n1)NS(=O)(=O)c1cccc(c1)C(=O)N(CC1(C(=O)O)CC1)[C@H](CC(C)(C)C)CO2. The van der Waals surface area contributed by atoms with Crippen LogP contribution in [0, 0.1) is 24.7 Å². The number of hydrogen-bond acceptors (Lipinski definition) is 7. The van der Waals surface area contributed by atoms with Crippen LogP contribution in [0.3, 0.4) is 0 Å². The fraction of sp³-hybridized carbons (Fsp3) is 0.419. The van der Waals surface area contributed by atoms with Crippen molar-refractivity contribution in [1.29, 1.82) is 0 Å². The highest BCUT2D eigenvalue weighted by atomic mass is 32.2. The zero-order chi connectivity index (χ0) is 30.4. The molecule has 3 aromatic rings. The van der Waals surface area contributed by atoms with Crippen LogP contribution in [-0.2, 0) is 14.8 Å². The van der Waals surface area contributed by atoms with Crippen LogP contribution in [-0.4, -0.2) is 59.5 Å². The average Bonchev–Trinajstić information content (AvgIpc) is 3.69. The van der Waals surface area contributed by atoms with Gasteiger partial charge in [-0.3, -0.25) is 9.59 Å². The van der Waals surface area contributed by atoms with Gasteiger partial charge >= 0.3 is 5.97 Å². The van der Waals surface area contributed by atoms with E-state index in [1.165, 1.54) is 18.2 Å². The highest BCUT2D eigenvalue weighted by molar-refractivity contribution is 7.92. The molecule has 1 aromatic heterocycles. The fourth-order valence-corrected chi connectivity index (χ4v) is 6.45. The number of rotatable bonds is 5. The van der Waals surface area contributed by atoms with Crippen molar-refractivity contribution in [3.63, 3.8) is 0 Å². The second-order valence-electron chi connectivity index (χ2n) is 12.6. The van der Waals surface area contributed by atoms with Crippen LogP contribution in [0.1, 0.15) is 61.5 Å². The van der Waals surface area contributed by atoms with Crippen LogP contribution < -0.4 is 9.46 Å². The summed E-state index contributed by atoms with van der Waals surface area (Å²) in [5, 5.41) is 9.99. The lowest BCUT2D eigenvalue weighted by atomic mass is 9.87. The van der Waals surface area contributed by atoms with Crippen molar-refractivity contribution in [2.24, 2.45) is 10.8 Å². The number of sulfonamides is 1. The van der Waals surface area contributed by atoms with Crippen molar-refractivity contribution >= 4 is 27.8 Å². The maximum Gasteiger partial charge on any atom is 0.311 e. The van der Waals surface area contributed by atoms with Gasteiger partial charge in [-0.05, 0) is 67.9 Å². The summed E-state index contributed by atoms with van der Waals surface area (Å²) in [4.78, 5) is 36.6. The molecule has 4 bridgehead atoms. The number of nitrogens with one attached hydrogen (secondary N) is 1. The highest BCUT2D eigenvalue weighted by Gasteiger charge is 2.53. The van der Waals surface area contributed by atoms with E-state index < -0.39 is 33.4 Å². The number of ether oxygens (including phenoxy) is 1. The molecule has 0 radical (unpaired) electrons. The van der Waals surface area contributed by atoms with Gasteiger partial charge in [0.2, 0.25) is 11.8 Å². The Bertz CT molecular complexity index is 1640. The molecule has 2 aromatic carbocycles. The number of aryl methyl sites for hydroxylation is 2. The van der Waals surface area contributed by atoms with Crippen molar-refractivity contribution in [3.8, 4) is 17.1 Å². The Morgan fingerprint density at radius 3 is 2.38 bits per heavy atom. The molecule has 1 aliphatic heterocycles. The number of carboxylic acids is 1. The van der Waals surface area contributed by atoms with Gasteiger partial charge in [0, 0.05) is 23.7 Å². The maximum atomic E-state index is 14.1. The molecule has 11 heteroatoms. The van der Waals surface area contributed by atoms with Crippen molar-refractivity contribution in [2.75, 3.05) is 17.9 Å². The number of aliphatic carboxylic acids is 1. The van der Waals surface area contributed by atoms with Gasteiger partial charge in [0.05, 0.1) is 22.0 Å². The molecule has 2 N–H and O–H groups in total. The third-order valence-corrected chi connectivity index (χ3v) is 9.14. The Morgan fingerprint density at radius 1 is 1.10 bits per heavy atom. The third-order valence-electron chi connectivity index (χ3n) is 7.81. The van der Waals surface area contributed by atoms with E-state index in [1.54, 1.807) is 17.0 Å². The number of fused-ring (bicyclic) bond motifs is 4. The van der Waals surface area contributed by atoms with Crippen LogP contribution in [0.25, 0.3) is 11.3 Å². The first-order valence-corrected chi connectivity index (χ1v) is 15.4. The van der Waals surface area contributed by atoms with Crippen LogP contribution >= 0.6 is 0 Å². The molecular weight excluding hydrogens is 556 g/mol. The second-order valence-corrected chi connectivity index (χ2v) is 14.2. The van der Waals surface area contributed by atoms with E-state index in [-0.39, 0.29) is 40.9 Å². The number of hydrogen-bond donors (Lipinski definition) is 2. The number of carbonyl (C=O) groups excluding carboxylic acids is 1. The molecule has 0 unspecified atom stereocenters. The lowest BCUT2D eigenvalue weighted by molar-refractivity contribution is -0.144. The minimum absolute atomic E-state index is 0.0107. The normalized spacial score (nSPS) is 19.4. The summed E-state index contributed by atoms with van der Waals surface area (Å²) in [6, 6.07) is 12.7. The van der Waals surface area contributed by atoms with Gasteiger partial charge in [-0.25, -0.2) is 18.1 Å². The molecule has 1 amide bonds. The van der Waals surface area contributed by atoms with Gasteiger partial charge in [0.1, 0.15) is 6.61 Å². The Kier molecular flexibility index (Phi) is 7.51. The van der Waals surface area contributed by atoms with Crippen LogP contribution in [0.15, 0.2) is 53.4 Å². The molecule has 5 rings (SSSR count). The Morgan fingerprint density at radius 2 is 1.76 bits per heavy atom. The number of carbonyl (C=O) groups is 2. The van der Waals surface area contributed by atoms with E-state index >= 15 is 0 Å². The first kappa shape index (κ1) is 29.5. The third kappa shape index (κ3) is 6.11. The van der Waals surface area contributed by atoms with E-state index in [1.807, 2.05) is 52.8 Å². The quantitative estimate of drug-likeness (QED) is 0.419. The largest absolute Gasteiger partial charge is 0.481 e. The molecular formula is C31H36N4O6S. The Hall–Kier alpha value is -3.99. The predicted molar refractivity (Wildman–Crippen MR) is 158 cm³/mol. The summed E-state index contributed by atoms with van der Waals surface area (Å²) in [6.45, 7) is 10.0. The molecule has 1 atom stereocenters. The Balaban J connectivity index is 1.68. The van der Waals surface area contributed by atoms with Gasteiger partial charge < -0.3 is 14.7 Å². The number of amides is 1. The van der Waals surface area contributed by atoms with Gasteiger partial charge in [-0.15, -0.1) is 0 Å². The van der Waals surface area contributed by atoms with E-state index in [0.717, 1.165) is 16.7 Å². The molecule has 1 fully saturated rings. The summed E-state index contributed by atoms with van der Waals surface area (Å²) in [7, 11) is -4.19. The molecule has 10 nitrogen and oxygen atoms in total. The minimum Gasteiger partial charge on any atom is -0.481 e. The number of anilines is 1. The molecule has 0 spiro atoms. The van der Waals surface area contributed by atoms with Gasteiger partial charge in [0.15, 0.2) is 0 Å². The standard InChI is InChI=1S/C31H36N4O6S/c1-19-8-6-9-20(2)26(19)24-15-25-33-29(32-24)34-42(39,40)23-11-7-10-21(14-23)27(36)35(18-31(12-13-31)28(37)38)22(17-41-25)16-30(3,4)5/h6-11,14-15,22H,12-13,16-18H2,1-5H3,(H,37,38)(H,32,33,34)/t22-/m1/s1. The zero-order valence-corrected chi connectivity index (χ0v) is 25.3. The number of benzene rings is 2. The summed E-state index contributed by atoms with van der Waals surface area (Å²) >= 11 is 0. The first-order valence-electron chi connectivity index (χ1n) is 13.9. The van der Waals surface area contributed by atoms with Crippen molar-refractivity contribution < 1.29 is 27.9 Å². The summed E-state index contributed by atoms with van der Waals surface area (Å²) < 4.78 is 35.7. The lowest BCUT2D eigenvalue weighted by Gasteiger charge is -2.37. The van der Waals surface area contributed by atoms with E-state index in [0.29, 0.717) is 25.0 Å².